The van der Waals surface area contributed by atoms with Gasteiger partial charge in [0, 0.05) is 23.8 Å². The molecule has 1 spiro atoms. The van der Waals surface area contributed by atoms with E-state index in [1.807, 2.05) is 121 Å². The van der Waals surface area contributed by atoms with E-state index in [-0.39, 0.29) is 24.5 Å². The van der Waals surface area contributed by atoms with Crippen LogP contribution in [0.15, 0.2) is 103 Å². The molecule has 2 aliphatic heterocycles. The summed E-state index contributed by atoms with van der Waals surface area (Å²) in [5.74, 6) is -0.0792. The number of nitrogens with zero attached hydrogens (tertiary/aromatic N) is 2. The lowest BCUT2D eigenvalue weighted by molar-refractivity contribution is -0.128. The van der Waals surface area contributed by atoms with E-state index in [0.29, 0.717) is 18.5 Å². The zero-order valence-electron chi connectivity index (χ0n) is 22.2. The van der Waals surface area contributed by atoms with Gasteiger partial charge in [0.25, 0.3) is 5.91 Å². The highest BCUT2D eigenvalue weighted by atomic mass is 16.3. The van der Waals surface area contributed by atoms with Crippen LogP contribution in [0.2, 0.25) is 0 Å². The zero-order chi connectivity index (χ0) is 27.1. The third kappa shape index (κ3) is 3.96. The molecule has 4 aromatic carbocycles. The van der Waals surface area contributed by atoms with Gasteiger partial charge in [-0.15, -0.1) is 0 Å². The summed E-state index contributed by atoms with van der Waals surface area (Å²) in [5.41, 5.74) is 5.01. The Morgan fingerprint density at radius 2 is 1.49 bits per heavy atom. The zero-order valence-corrected chi connectivity index (χ0v) is 22.2. The smallest absolute Gasteiger partial charge is 0.255 e. The van der Waals surface area contributed by atoms with Gasteiger partial charge in [0.1, 0.15) is 5.41 Å². The van der Waals surface area contributed by atoms with Crippen LogP contribution in [0.25, 0.3) is 0 Å². The lowest BCUT2D eigenvalue weighted by Gasteiger charge is -2.54. The number of hydrogen-bond donors (Lipinski definition) is 1. The van der Waals surface area contributed by atoms with Crippen LogP contribution in [0.1, 0.15) is 58.1 Å². The maximum absolute atomic E-state index is 15.0. The molecule has 0 aromatic heterocycles. The second-order valence-electron chi connectivity index (χ2n) is 10.8. The summed E-state index contributed by atoms with van der Waals surface area (Å²) in [4.78, 5) is 33.1. The third-order valence-electron chi connectivity index (χ3n) is 8.19. The van der Waals surface area contributed by atoms with Gasteiger partial charge in [0.2, 0.25) is 5.91 Å². The van der Waals surface area contributed by atoms with Crippen LogP contribution in [-0.2, 0) is 29.8 Å². The molecule has 0 unspecified atom stereocenters. The minimum Gasteiger partial charge on any atom is -0.392 e. The standard InChI is InChI=1S/C34H32N2O3/c1-23(2)36-30-15-9-6-12-27(30)20-34(33(36)39)29-14-8-7-13-28(29)32(38)35(21-24-10-4-3-5-11-24)31(34)26-18-16-25(22-37)17-19-26/h3-19,23,31,37H,20-22H2,1-2H3/t31-,34-/m0/s1. The fourth-order valence-corrected chi connectivity index (χ4v) is 6.49. The topological polar surface area (TPSA) is 60.9 Å². The van der Waals surface area contributed by atoms with Crippen molar-refractivity contribution in [2.24, 2.45) is 0 Å². The summed E-state index contributed by atoms with van der Waals surface area (Å²) >= 11 is 0. The van der Waals surface area contributed by atoms with Gasteiger partial charge in [-0.3, -0.25) is 9.59 Å². The van der Waals surface area contributed by atoms with E-state index in [2.05, 4.69) is 6.07 Å². The molecule has 2 aliphatic rings. The van der Waals surface area contributed by atoms with Gasteiger partial charge in [0.05, 0.1) is 12.6 Å². The van der Waals surface area contributed by atoms with Gasteiger partial charge < -0.3 is 14.9 Å². The van der Waals surface area contributed by atoms with Crippen molar-refractivity contribution < 1.29 is 14.7 Å². The van der Waals surface area contributed by atoms with Gasteiger partial charge in [-0.05, 0) is 60.2 Å². The van der Waals surface area contributed by atoms with Crippen molar-refractivity contribution >= 4 is 17.5 Å². The van der Waals surface area contributed by atoms with E-state index < -0.39 is 11.5 Å². The molecular weight excluding hydrogens is 484 g/mol. The third-order valence-corrected chi connectivity index (χ3v) is 8.19. The van der Waals surface area contributed by atoms with Crippen molar-refractivity contribution in [3.8, 4) is 0 Å². The Hall–Kier alpha value is -4.22. The lowest BCUT2D eigenvalue weighted by Crippen LogP contribution is -2.63. The Balaban J connectivity index is 1.66. The van der Waals surface area contributed by atoms with E-state index in [9.17, 15) is 9.90 Å². The summed E-state index contributed by atoms with van der Waals surface area (Å²) in [6, 6.07) is 32.8. The highest BCUT2D eigenvalue weighted by molar-refractivity contribution is 6.10. The molecule has 0 aliphatic carbocycles. The number of benzene rings is 4. The van der Waals surface area contributed by atoms with Gasteiger partial charge in [0.15, 0.2) is 0 Å². The molecule has 0 bridgehead atoms. The first kappa shape index (κ1) is 25.1. The number of para-hydroxylation sites is 1. The molecule has 196 valence electrons. The van der Waals surface area contributed by atoms with Gasteiger partial charge in [-0.1, -0.05) is 91.0 Å². The number of amides is 2. The molecule has 0 fully saturated rings. The molecule has 2 atom stereocenters. The van der Waals surface area contributed by atoms with Crippen LogP contribution in [0.3, 0.4) is 0 Å². The monoisotopic (exact) mass is 516 g/mol. The minimum atomic E-state index is -1.03. The fraction of sp³-hybridized carbons (Fsp3) is 0.235. The predicted molar refractivity (Wildman–Crippen MR) is 152 cm³/mol. The summed E-state index contributed by atoms with van der Waals surface area (Å²) < 4.78 is 0. The summed E-state index contributed by atoms with van der Waals surface area (Å²) in [6.07, 6.45) is 0.479. The van der Waals surface area contributed by atoms with Crippen molar-refractivity contribution in [3.63, 3.8) is 0 Å². The molecule has 0 radical (unpaired) electrons. The molecule has 2 amide bonds. The number of anilines is 1. The summed E-state index contributed by atoms with van der Waals surface area (Å²) in [7, 11) is 0. The van der Waals surface area contributed by atoms with Crippen LogP contribution < -0.4 is 4.90 Å². The van der Waals surface area contributed by atoms with E-state index >= 15 is 4.79 Å². The molecule has 1 N–H and O–H groups in total. The van der Waals surface area contributed by atoms with Crippen molar-refractivity contribution in [1.82, 2.24) is 4.90 Å². The maximum atomic E-state index is 15.0. The maximum Gasteiger partial charge on any atom is 0.255 e. The van der Waals surface area contributed by atoms with Crippen LogP contribution in [0.5, 0.6) is 0 Å². The Bertz CT molecular complexity index is 1530. The Morgan fingerprint density at radius 3 is 2.21 bits per heavy atom. The molecule has 0 saturated carbocycles. The highest BCUT2D eigenvalue weighted by Crippen LogP contribution is 2.54. The van der Waals surface area contributed by atoms with E-state index in [1.165, 1.54) is 0 Å². The molecule has 0 saturated heterocycles. The number of fused-ring (bicyclic) bond motifs is 3. The van der Waals surface area contributed by atoms with Crippen molar-refractivity contribution in [2.45, 2.75) is 50.9 Å². The van der Waals surface area contributed by atoms with Crippen LogP contribution in [-0.4, -0.2) is 27.9 Å². The molecular formula is C34H32N2O3. The van der Waals surface area contributed by atoms with Gasteiger partial charge in [-0.2, -0.15) is 0 Å². The normalized spacial score (nSPS) is 20.4. The van der Waals surface area contributed by atoms with E-state index in [0.717, 1.165) is 33.5 Å². The molecule has 6 rings (SSSR count). The Labute approximate surface area is 229 Å². The van der Waals surface area contributed by atoms with Crippen molar-refractivity contribution in [2.75, 3.05) is 4.90 Å². The first-order chi connectivity index (χ1) is 19.0. The molecule has 5 heteroatoms. The summed E-state index contributed by atoms with van der Waals surface area (Å²) in [5, 5.41) is 9.72. The first-order valence-electron chi connectivity index (χ1n) is 13.5. The SMILES string of the molecule is CC(C)N1C(=O)[C@@]2(Cc3ccccc31)c1ccccc1C(=O)N(Cc1ccccc1)[C@H]2c1ccc(CO)cc1. The number of carbonyl (C=O) groups excluding carboxylic acids is 2. The predicted octanol–water partition coefficient (Wildman–Crippen LogP) is 5.81. The molecule has 5 nitrogen and oxygen atoms in total. The number of aliphatic hydroxyl groups excluding tert-OH is 1. The fourth-order valence-electron chi connectivity index (χ4n) is 6.49. The van der Waals surface area contributed by atoms with Gasteiger partial charge >= 0.3 is 0 Å². The minimum absolute atomic E-state index is 0.00504. The number of aliphatic hydroxyl groups is 1. The average molecular weight is 517 g/mol. The van der Waals surface area contributed by atoms with Crippen LogP contribution in [0.4, 0.5) is 5.69 Å². The second kappa shape index (κ2) is 9.83. The summed E-state index contributed by atoms with van der Waals surface area (Å²) in [6.45, 7) is 4.39. The number of rotatable bonds is 5. The molecule has 39 heavy (non-hydrogen) atoms. The Morgan fingerprint density at radius 1 is 0.821 bits per heavy atom. The molecule has 4 aromatic rings. The Kier molecular flexibility index (Phi) is 6.32. The van der Waals surface area contributed by atoms with Crippen LogP contribution in [0, 0.1) is 0 Å². The van der Waals surface area contributed by atoms with Crippen molar-refractivity contribution in [1.29, 1.82) is 0 Å². The highest BCUT2D eigenvalue weighted by Gasteiger charge is 2.59. The van der Waals surface area contributed by atoms with E-state index in [1.54, 1.807) is 0 Å². The first-order valence-corrected chi connectivity index (χ1v) is 13.5. The second-order valence-corrected chi connectivity index (χ2v) is 10.8. The van der Waals surface area contributed by atoms with Crippen LogP contribution >= 0.6 is 0 Å². The number of hydrogen-bond acceptors (Lipinski definition) is 3. The average Bonchev–Trinajstić information content (AvgIpc) is 2.97. The number of carbonyl (C=O) groups is 2. The van der Waals surface area contributed by atoms with Gasteiger partial charge in [-0.25, -0.2) is 0 Å². The largest absolute Gasteiger partial charge is 0.392 e. The molecule has 2 heterocycles. The quantitative estimate of drug-likeness (QED) is 0.364. The van der Waals surface area contributed by atoms with E-state index in [4.69, 9.17) is 0 Å². The lowest BCUT2D eigenvalue weighted by atomic mass is 9.61. The van der Waals surface area contributed by atoms with Crippen molar-refractivity contribution in [3.05, 3.63) is 137 Å².